The Balaban J connectivity index is 1.54. The zero-order valence-electron chi connectivity index (χ0n) is 13.5. The molecule has 1 amide bonds. The van der Waals surface area contributed by atoms with Gasteiger partial charge in [0.25, 0.3) is 11.6 Å². The number of aromatic nitrogens is 2. The molecule has 0 atom stereocenters. The predicted octanol–water partition coefficient (Wildman–Crippen LogP) is 2.50. The molecule has 1 fully saturated rings. The maximum Gasteiger partial charge on any atom is 0.316 e. The molecule has 0 aliphatic heterocycles. The van der Waals surface area contributed by atoms with Gasteiger partial charge in [-0.2, -0.15) is 0 Å². The second-order valence-corrected chi connectivity index (χ2v) is 5.87. The van der Waals surface area contributed by atoms with Gasteiger partial charge < -0.3 is 10.1 Å². The van der Waals surface area contributed by atoms with Gasteiger partial charge in [-0.05, 0) is 37.8 Å². The van der Waals surface area contributed by atoms with Gasteiger partial charge in [-0.15, -0.1) is 0 Å². The quantitative estimate of drug-likeness (QED) is 0.661. The third kappa shape index (κ3) is 4.28. The molecule has 130 valence electrons. The number of ether oxygens (including phenoxy) is 1. The summed E-state index contributed by atoms with van der Waals surface area (Å²) in [5.41, 5.74) is -0.0956. The summed E-state index contributed by atoms with van der Waals surface area (Å²) in [5, 5.41) is 13.9. The maximum atomic E-state index is 12.3. The van der Waals surface area contributed by atoms with Crippen LogP contribution in [-0.4, -0.2) is 32.9 Å². The summed E-state index contributed by atoms with van der Waals surface area (Å²) in [5.74, 6) is -0.414. The minimum Gasteiger partial charge on any atom is -0.460 e. The van der Waals surface area contributed by atoms with Crippen LogP contribution in [0.1, 0.15) is 36.0 Å². The van der Waals surface area contributed by atoms with Gasteiger partial charge in [0.2, 0.25) is 0 Å². The molecule has 0 unspecified atom stereocenters. The molecule has 8 nitrogen and oxygen atoms in total. The van der Waals surface area contributed by atoms with E-state index < -0.39 is 10.8 Å². The Morgan fingerprint density at radius 2 is 1.80 bits per heavy atom. The lowest BCUT2D eigenvalue weighted by molar-refractivity contribution is -0.385. The molecule has 0 spiro atoms. The van der Waals surface area contributed by atoms with E-state index in [1.165, 1.54) is 12.1 Å². The largest absolute Gasteiger partial charge is 0.460 e. The van der Waals surface area contributed by atoms with Crippen molar-refractivity contribution in [1.82, 2.24) is 15.3 Å². The normalized spacial score (nSPS) is 19.8. The highest BCUT2D eigenvalue weighted by Crippen LogP contribution is 2.23. The number of nitro groups is 1. The van der Waals surface area contributed by atoms with Gasteiger partial charge in [0, 0.05) is 24.5 Å². The third-order valence-electron chi connectivity index (χ3n) is 4.17. The number of hydrogen-bond acceptors (Lipinski definition) is 6. The Hall–Kier alpha value is -3.03. The van der Waals surface area contributed by atoms with Crippen LogP contribution in [-0.2, 0) is 0 Å². The van der Waals surface area contributed by atoms with Gasteiger partial charge in [-0.1, -0.05) is 12.1 Å². The summed E-state index contributed by atoms with van der Waals surface area (Å²) in [6.45, 7) is 0. The molecule has 1 aliphatic carbocycles. The summed E-state index contributed by atoms with van der Waals surface area (Å²) < 4.78 is 5.72. The minimum atomic E-state index is -0.542. The first-order chi connectivity index (χ1) is 12.1. The summed E-state index contributed by atoms with van der Waals surface area (Å²) in [6, 6.07) is 8.02. The van der Waals surface area contributed by atoms with Crippen LogP contribution in [0.4, 0.5) is 5.69 Å². The molecule has 3 rings (SSSR count). The van der Waals surface area contributed by atoms with Crippen molar-refractivity contribution in [2.45, 2.75) is 37.8 Å². The van der Waals surface area contributed by atoms with Crippen molar-refractivity contribution in [2.75, 3.05) is 0 Å². The fourth-order valence-corrected chi connectivity index (χ4v) is 2.91. The van der Waals surface area contributed by atoms with Crippen LogP contribution >= 0.6 is 0 Å². The molecule has 1 N–H and O–H groups in total. The summed E-state index contributed by atoms with van der Waals surface area (Å²) in [7, 11) is 0. The van der Waals surface area contributed by atoms with E-state index in [0.29, 0.717) is 6.01 Å². The Bertz CT molecular complexity index is 745. The number of benzene rings is 1. The van der Waals surface area contributed by atoms with Crippen molar-refractivity contribution in [3.05, 3.63) is 58.4 Å². The highest BCUT2D eigenvalue weighted by molar-refractivity contribution is 5.98. The molecule has 1 aromatic carbocycles. The molecule has 0 bridgehead atoms. The van der Waals surface area contributed by atoms with Crippen LogP contribution < -0.4 is 10.1 Å². The van der Waals surface area contributed by atoms with Crippen molar-refractivity contribution in [3.63, 3.8) is 0 Å². The summed E-state index contributed by atoms with van der Waals surface area (Å²) in [6.07, 6.45) is 6.28. The highest BCUT2D eigenvalue weighted by Gasteiger charge is 2.26. The van der Waals surface area contributed by atoms with Crippen molar-refractivity contribution < 1.29 is 14.5 Å². The topological polar surface area (TPSA) is 107 Å². The van der Waals surface area contributed by atoms with Gasteiger partial charge >= 0.3 is 6.01 Å². The molecule has 2 aromatic rings. The average Bonchev–Trinajstić information content (AvgIpc) is 2.64. The van der Waals surface area contributed by atoms with E-state index in [9.17, 15) is 14.9 Å². The van der Waals surface area contributed by atoms with E-state index in [2.05, 4.69) is 15.3 Å². The number of para-hydroxylation sites is 1. The van der Waals surface area contributed by atoms with Crippen LogP contribution in [0.15, 0.2) is 42.7 Å². The van der Waals surface area contributed by atoms with Gasteiger partial charge in [0.15, 0.2) is 0 Å². The SMILES string of the molecule is O=C(NC1CCC(Oc2ncccn2)CC1)c1ccccc1[N+](=O)[O-]. The molecular formula is C17H18N4O4. The first kappa shape index (κ1) is 16.8. The molecule has 1 saturated carbocycles. The van der Waals surface area contributed by atoms with E-state index in [0.717, 1.165) is 25.7 Å². The summed E-state index contributed by atoms with van der Waals surface area (Å²) in [4.78, 5) is 30.9. The first-order valence-electron chi connectivity index (χ1n) is 8.11. The standard InChI is InChI=1S/C17H18N4O4/c22-16(14-4-1-2-5-15(14)21(23)24)20-12-6-8-13(9-7-12)25-17-18-10-3-11-19-17/h1-5,10-13H,6-9H2,(H,20,22). The van der Waals surface area contributed by atoms with E-state index in [1.807, 2.05) is 0 Å². The number of amides is 1. The van der Waals surface area contributed by atoms with Crippen molar-refractivity contribution in [2.24, 2.45) is 0 Å². The third-order valence-corrected chi connectivity index (χ3v) is 4.17. The van der Waals surface area contributed by atoms with Crippen molar-refractivity contribution >= 4 is 11.6 Å². The monoisotopic (exact) mass is 342 g/mol. The molecule has 1 heterocycles. The Morgan fingerprint density at radius 1 is 1.12 bits per heavy atom. The number of carbonyl (C=O) groups is 1. The molecule has 1 aliphatic rings. The van der Waals surface area contributed by atoms with Gasteiger partial charge in [0.05, 0.1) is 4.92 Å². The highest BCUT2D eigenvalue weighted by atomic mass is 16.6. The zero-order chi connectivity index (χ0) is 17.6. The number of hydrogen-bond donors (Lipinski definition) is 1. The van der Waals surface area contributed by atoms with Crippen LogP contribution in [0.25, 0.3) is 0 Å². The van der Waals surface area contributed by atoms with Gasteiger partial charge in [-0.3, -0.25) is 14.9 Å². The minimum absolute atomic E-state index is 0.0154. The predicted molar refractivity (Wildman–Crippen MR) is 89.3 cm³/mol. The van der Waals surface area contributed by atoms with Crippen LogP contribution in [0.5, 0.6) is 6.01 Å². The van der Waals surface area contributed by atoms with Crippen molar-refractivity contribution in [3.8, 4) is 6.01 Å². The number of nitrogens with one attached hydrogen (secondary N) is 1. The number of nitrogens with zero attached hydrogens (tertiary/aromatic N) is 3. The van der Waals surface area contributed by atoms with Crippen LogP contribution in [0.2, 0.25) is 0 Å². The molecule has 1 aromatic heterocycles. The molecule has 25 heavy (non-hydrogen) atoms. The molecule has 0 radical (unpaired) electrons. The smallest absolute Gasteiger partial charge is 0.316 e. The lowest BCUT2D eigenvalue weighted by Crippen LogP contribution is -2.40. The number of nitro benzene ring substituents is 1. The van der Waals surface area contributed by atoms with Crippen LogP contribution in [0.3, 0.4) is 0 Å². The molecular weight excluding hydrogens is 324 g/mol. The lowest BCUT2D eigenvalue weighted by atomic mass is 9.92. The zero-order valence-corrected chi connectivity index (χ0v) is 13.5. The van der Waals surface area contributed by atoms with E-state index >= 15 is 0 Å². The fourth-order valence-electron chi connectivity index (χ4n) is 2.91. The van der Waals surface area contributed by atoms with E-state index in [1.54, 1.807) is 30.6 Å². The average molecular weight is 342 g/mol. The van der Waals surface area contributed by atoms with Gasteiger partial charge in [0.1, 0.15) is 11.7 Å². The Kier molecular flexibility index (Phi) is 5.17. The van der Waals surface area contributed by atoms with Crippen molar-refractivity contribution in [1.29, 1.82) is 0 Å². The van der Waals surface area contributed by atoms with E-state index in [4.69, 9.17) is 4.74 Å². The van der Waals surface area contributed by atoms with E-state index in [-0.39, 0.29) is 23.4 Å². The first-order valence-corrected chi connectivity index (χ1v) is 8.11. The number of rotatable bonds is 5. The summed E-state index contributed by atoms with van der Waals surface area (Å²) >= 11 is 0. The Morgan fingerprint density at radius 3 is 2.48 bits per heavy atom. The second kappa shape index (κ2) is 7.69. The second-order valence-electron chi connectivity index (χ2n) is 5.87. The molecule has 0 saturated heterocycles. The molecule has 8 heteroatoms. The fraction of sp³-hybridized carbons (Fsp3) is 0.353. The maximum absolute atomic E-state index is 12.3. The lowest BCUT2D eigenvalue weighted by Gasteiger charge is -2.28. The Labute approximate surface area is 144 Å². The van der Waals surface area contributed by atoms with Gasteiger partial charge in [-0.25, -0.2) is 9.97 Å². The van der Waals surface area contributed by atoms with Crippen LogP contribution in [0, 0.1) is 10.1 Å². The number of carbonyl (C=O) groups excluding carboxylic acids is 1.